The van der Waals surface area contributed by atoms with Crippen LogP contribution in [0.25, 0.3) is 0 Å². The lowest BCUT2D eigenvalue weighted by Crippen LogP contribution is -2.15. The van der Waals surface area contributed by atoms with Crippen molar-refractivity contribution in [2.75, 3.05) is 5.32 Å². The van der Waals surface area contributed by atoms with Crippen LogP contribution in [0.5, 0.6) is 0 Å². The van der Waals surface area contributed by atoms with E-state index in [0.717, 1.165) is 11.4 Å². The Morgan fingerprint density at radius 1 is 1.67 bits per heavy atom. The molecule has 0 radical (unpaired) electrons. The number of aromatic nitrogens is 2. The molecule has 1 aromatic rings. The maximum absolute atomic E-state index is 10.8. The van der Waals surface area contributed by atoms with Crippen LogP contribution in [0.3, 0.4) is 0 Å². The van der Waals surface area contributed by atoms with Crippen molar-refractivity contribution in [3.05, 3.63) is 22.2 Å². The highest BCUT2D eigenvalue weighted by Crippen LogP contribution is 2.24. The zero-order valence-electron chi connectivity index (χ0n) is 6.92. The second kappa shape index (κ2) is 2.62. The van der Waals surface area contributed by atoms with Crippen molar-refractivity contribution in [1.29, 1.82) is 0 Å². The molecule has 0 saturated heterocycles. The van der Waals surface area contributed by atoms with Gasteiger partial charge in [0, 0.05) is 17.8 Å². The van der Waals surface area contributed by atoms with E-state index < -0.39 is 0 Å². The molecule has 0 amide bonds. The SMILES string of the molecule is Cc1cnc(=O)[nH]c1NC1CC1. The number of nitrogens with one attached hydrogen (secondary N) is 2. The van der Waals surface area contributed by atoms with E-state index in [1.165, 1.54) is 12.8 Å². The van der Waals surface area contributed by atoms with Crippen molar-refractivity contribution in [2.24, 2.45) is 0 Å². The Kier molecular flexibility index (Phi) is 1.60. The van der Waals surface area contributed by atoms with Crippen LogP contribution >= 0.6 is 0 Å². The first-order chi connectivity index (χ1) is 5.75. The van der Waals surface area contributed by atoms with Gasteiger partial charge in [-0.3, -0.25) is 4.98 Å². The first kappa shape index (κ1) is 7.34. The molecule has 4 heteroatoms. The van der Waals surface area contributed by atoms with Crippen LogP contribution in [-0.2, 0) is 0 Å². The molecule has 1 saturated carbocycles. The van der Waals surface area contributed by atoms with Crippen molar-refractivity contribution in [3.8, 4) is 0 Å². The van der Waals surface area contributed by atoms with Gasteiger partial charge in [-0.15, -0.1) is 0 Å². The highest BCUT2D eigenvalue weighted by Gasteiger charge is 2.21. The van der Waals surface area contributed by atoms with E-state index in [0.29, 0.717) is 6.04 Å². The molecule has 1 heterocycles. The Morgan fingerprint density at radius 3 is 3.08 bits per heavy atom. The third-order valence-corrected chi connectivity index (χ3v) is 1.93. The summed E-state index contributed by atoms with van der Waals surface area (Å²) in [4.78, 5) is 17.1. The van der Waals surface area contributed by atoms with Crippen LogP contribution in [0.1, 0.15) is 18.4 Å². The number of aryl methyl sites for hydroxylation is 1. The zero-order valence-corrected chi connectivity index (χ0v) is 6.92. The van der Waals surface area contributed by atoms with E-state index in [1.807, 2.05) is 6.92 Å². The smallest absolute Gasteiger partial charge is 0.346 e. The molecule has 4 nitrogen and oxygen atoms in total. The van der Waals surface area contributed by atoms with Crippen molar-refractivity contribution in [3.63, 3.8) is 0 Å². The molecule has 0 unspecified atom stereocenters. The molecule has 0 aromatic carbocycles. The van der Waals surface area contributed by atoms with E-state index in [9.17, 15) is 4.79 Å². The summed E-state index contributed by atoms with van der Waals surface area (Å²) in [6, 6.07) is 0.557. The topological polar surface area (TPSA) is 57.8 Å². The molecule has 12 heavy (non-hydrogen) atoms. The number of H-pyrrole nitrogens is 1. The molecule has 1 aromatic heterocycles. The summed E-state index contributed by atoms with van der Waals surface area (Å²) in [5.41, 5.74) is 0.699. The second-order valence-electron chi connectivity index (χ2n) is 3.16. The fourth-order valence-electron chi connectivity index (χ4n) is 1.04. The highest BCUT2D eigenvalue weighted by molar-refractivity contribution is 5.42. The van der Waals surface area contributed by atoms with Gasteiger partial charge in [0.1, 0.15) is 5.82 Å². The minimum Gasteiger partial charge on any atom is -0.369 e. The molecule has 0 bridgehead atoms. The maximum atomic E-state index is 10.8. The molecule has 1 aliphatic carbocycles. The lowest BCUT2D eigenvalue weighted by Gasteiger charge is -2.05. The summed E-state index contributed by atoms with van der Waals surface area (Å²) >= 11 is 0. The Hall–Kier alpha value is -1.32. The van der Waals surface area contributed by atoms with Gasteiger partial charge >= 0.3 is 5.69 Å². The van der Waals surface area contributed by atoms with E-state index in [-0.39, 0.29) is 5.69 Å². The lowest BCUT2D eigenvalue weighted by atomic mass is 10.3. The van der Waals surface area contributed by atoms with E-state index in [4.69, 9.17) is 0 Å². The Morgan fingerprint density at radius 2 is 2.42 bits per heavy atom. The molecule has 2 rings (SSSR count). The number of hydrogen-bond donors (Lipinski definition) is 2. The van der Waals surface area contributed by atoms with Gasteiger partial charge in [0.05, 0.1) is 0 Å². The van der Waals surface area contributed by atoms with Gasteiger partial charge in [-0.1, -0.05) is 0 Å². The van der Waals surface area contributed by atoms with Gasteiger partial charge in [-0.25, -0.2) is 9.78 Å². The third kappa shape index (κ3) is 1.47. The minimum absolute atomic E-state index is 0.288. The van der Waals surface area contributed by atoms with Crippen molar-refractivity contribution in [2.45, 2.75) is 25.8 Å². The highest BCUT2D eigenvalue weighted by atomic mass is 16.1. The number of nitrogens with zero attached hydrogens (tertiary/aromatic N) is 1. The average Bonchev–Trinajstić information content (AvgIpc) is 2.81. The minimum atomic E-state index is -0.288. The Labute approximate surface area is 70.0 Å². The fourth-order valence-corrected chi connectivity index (χ4v) is 1.04. The van der Waals surface area contributed by atoms with Crippen LogP contribution in [0.4, 0.5) is 5.82 Å². The van der Waals surface area contributed by atoms with Gasteiger partial charge in [0.2, 0.25) is 0 Å². The van der Waals surface area contributed by atoms with Crippen molar-refractivity contribution < 1.29 is 0 Å². The third-order valence-electron chi connectivity index (χ3n) is 1.93. The normalized spacial score (nSPS) is 16.1. The summed E-state index contributed by atoms with van der Waals surface area (Å²) in [6.45, 7) is 1.92. The second-order valence-corrected chi connectivity index (χ2v) is 3.16. The van der Waals surface area contributed by atoms with Crippen LogP contribution < -0.4 is 11.0 Å². The standard InChI is InChI=1S/C8H11N3O/c1-5-4-9-8(12)11-7(5)10-6-2-3-6/h4,6H,2-3H2,1H3,(H2,9,10,11,12). The first-order valence-electron chi connectivity index (χ1n) is 4.08. The van der Waals surface area contributed by atoms with E-state index >= 15 is 0 Å². The van der Waals surface area contributed by atoms with E-state index in [2.05, 4.69) is 15.3 Å². The molecular formula is C8H11N3O. The summed E-state index contributed by atoms with van der Waals surface area (Å²) in [5.74, 6) is 0.817. The van der Waals surface area contributed by atoms with Crippen LogP contribution in [0.2, 0.25) is 0 Å². The first-order valence-corrected chi connectivity index (χ1v) is 4.08. The summed E-state index contributed by atoms with van der Waals surface area (Å²) in [5, 5.41) is 3.23. The van der Waals surface area contributed by atoms with Crippen LogP contribution in [-0.4, -0.2) is 16.0 Å². The molecule has 64 valence electrons. The lowest BCUT2D eigenvalue weighted by molar-refractivity contribution is 1.01. The molecule has 0 aliphatic heterocycles. The molecule has 0 spiro atoms. The van der Waals surface area contributed by atoms with Gasteiger partial charge in [-0.2, -0.15) is 0 Å². The van der Waals surface area contributed by atoms with Gasteiger partial charge in [0.15, 0.2) is 0 Å². The fraction of sp³-hybridized carbons (Fsp3) is 0.500. The summed E-state index contributed by atoms with van der Waals surface area (Å²) < 4.78 is 0. The quantitative estimate of drug-likeness (QED) is 0.676. The Balaban J connectivity index is 2.27. The van der Waals surface area contributed by atoms with Gasteiger partial charge < -0.3 is 5.32 Å². The van der Waals surface area contributed by atoms with Crippen LogP contribution in [0.15, 0.2) is 11.0 Å². The van der Waals surface area contributed by atoms with Gasteiger partial charge in [-0.05, 0) is 19.8 Å². The van der Waals surface area contributed by atoms with Crippen molar-refractivity contribution in [1.82, 2.24) is 9.97 Å². The zero-order chi connectivity index (χ0) is 8.55. The molecule has 1 aliphatic rings. The number of anilines is 1. The predicted octanol–water partition coefficient (Wildman–Crippen LogP) is 0.653. The molecular weight excluding hydrogens is 154 g/mol. The average molecular weight is 165 g/mol. The largest absolute Gasteiger partial charge is 0.369 e. The predicted molar refractivity (Wildman–Crippen MR) is 46.2 cm³/mol. The monoisotopic (exact) mass is 165 g/mol. The van der Waals surface area contributed by atoms with Gasteiger partial charge in [0.25, 0.3) is 0 Å². The number of hydrogen-bond acceptors (Lipinski definition) is 3. The summed E-state index contributed by atoms with van der Waals surface area (Å²) in [7, 11) is 0. The molecule has 2 N–H and O–H groups in total. The number of aromatic amines is 1. The molecule has 1 fully saturated rings. The Bertz CT molecular complexity index is 340. The summed E-state index contributed by atoms with van der Waals surface area (Å²) in [6.07, 6.45) is 3.98. The number of rotatable bonds is 2. The van der Waals surface area contributed by atoms with E-state index in [1.54, 1.807) is 6.20 Å². The van der Waals surface area contributed by atoms with Crippen LogP contribution in [0, 0.1) is 6.92 Å². The van der Waals surface area contributed by atoms with Crippen molar-refractivity contribution >= 4 is 5.82 Å². The maximum Gasteiger partial charge on any atom is 0.346 e. The molecule has 0 atom stereocenters.